The first-order valence-corrected chi connectivity index (χ1v) is 7.32. The van der Waals surface area contributed by atoms with Crippen molar-refractivity contribution in [1.82, 2.24) is 4.98 Å². The molecule has 3 rings (SSSR count). The number of fused-ring (bicyclic) bond motifs is 1. The zero-order valence-electron chi connectivity index (χ0n) is 13.0. The molecule has 2 aromatic carbocycles. The second kappa shape index (κ2) is 6.46. The van der Waals surface area contributed by atoms with Crippen molar-refractivity contribution in [1.29, 1.82) is 0 Å². The normalized spacial score (nSPS) is 10.4. The molecule has 0 saturated heterocycles. The zero-order valence-corrected chi connectivity index (χ0v) is 13.0. The van der Waals surface area contributed by atoms with Crippen molar-refractivity contribution in [2.24, 2.45) is 11.6 Å². The Morgan fingerprint density at radius 3 is 2.48 bits per heavy atom. The number of benzene rings is 2. The summed E-state index contributed by atoms with van der Waals surface area (Å²) in [5.41, 5.74) is 7.02. The van der Waals surface area contributed by atoms with Crippen molar-refractivity contribution in [2.45, 2.75) is 0 Å². The molecule has 0 unspecified atom stereocenters. The van der Waals surface area contributed by atoms with Gasteiger partial charge in [0.25, 0.3) is 11.8 Å². The molecule has 8 nitrogen and oxygen atoms in total. The Bertz CT molecular complexity index is 965. The van der Waals surface area contributed by atoms with Crippen LogP contribution in [0.15, 0.2) is 48.5 Å². The summed E-state index contributed by atoms with van der Waals surface area (Å²) < 4.78 is 0. The molecule has 0 atom stereocenters. The highest BCUT2D eigenvalue weighted by atomic mass is 16.2. The van der Waals surface area contributed by atoms with E-state index in [1.807, 2.05) is 6.07 Å². The number of H-pyrrole nitrogens is 1. The van der Waals surface area contributed by atoms with Crippen LogP contribution in [0.3, 0.4) is 0 Å². The largest absolute Gasteiger partial charge is 0.365 e. The molecule has 6 N–H and O–H groups in total. The molecule has 0 fully saturated rings. The Morgan fingerprint density at radius 2 is 1.84 bits per heavy atom. The second-order valence-corrected chi connectivity index (χ2v) is 5.31. The number of aromatic nitrogens is 1. The Kier molecular flexibility index (Phi) is 4.19. The Morgan fingerprint density at radius 1 is 1.12 bits per heavy atom. The molecule has 126 valence electrons. The maximum absolute atomic E-state index is 12.2. The molecule has 0 aliphatic rings. The monoisotopic (exact) mass is 337 g/mol. The first-order chi connectivity index (χ1) is 12.0. The van der Waals surface area contributed by atoms with Gasteiger partial charge in [0, 0.05) is 22.2 Å². The topological polar surface area (TPSA) is 134 Å². The number of aromatic amines is 1. The smallest absolute Gasteiger partial charge is 0.255 e. The van der Waals surface area contributed by atoms with Crippen LogP contribution >= 0.6 is 0 Å². The third-order valence-corrected chi connectivity index (χ3v) is 3.69. The van der Waals surface area contributed by atoms with Crippen LogP contribution in [0.5, 0.6) is 0 Å². The molecule has 0 aliphatic carbocycles. The van der Waals surface area contributed by atoms with E-state index >= 15 is 0 Å². The van der Waals surface area contributed by atoms with Gasteiger partial charge in [0.05, 0.1) is 5.56 Å². The first-order valence-electron chi connectivity index (χ1n) is 7.32. The zero-order chi connectivity index (χ0) is 18.0. The molecule has 3 amide bonds. The molecule has 25 heavy (non-hydrogen) atoms. The van der Waals surface area contributed by atoms with Gasteiger partial charge in [-0.25, -0.2) is 10.9 Å². The fourth-order valence-corrected chi connectivity index (χ4v) is 2.55. The van der Waals surface area contributed by atoms with Gasteiger partial charge in [-0.15, -0.1) is 0 Å². The van der Waals surface area contributed by atoms with E-state index in [2.05, 4.69) is 10.3 Å². The predicted molar refractivity (Wildman–Crippen MR) is 93.9 cm³/mol. The Hall–Kier alpha value is -3.65. The number of rotatable bonds is 5. The van der Waals surface area contributed by atoms with Crippen LogP contribution < -0.4 is 21.9 Å². The summed E-state index contributed by atoms with van der Waals surface area (Å²) in [5, 5.41) is 4.00. The highest BCUT2D eigenvalue weighted by Gasteiger charge is 2.20. The fourth-order valence-electron chi connectivity index (χ4n) is 2.55. The Balaban J connectivity index is 1.99. The predicted octanol–water partition coefficient (Wildman–Crippen LogP) is 1.36. The third kappa shape index (κ3) is 3.06. The number of amides is 3. The van der Waals surface area contributed by atoms with Crippen molar-refractivity contribution in [2.75, 3.05) is 10.3 Å². The second-order valence-electron chi connectivity index (χ2n) is 5.31. The number of nitrogens with two attached hydrogens (primary N) is 2. The molecular weight excluding hydrogens is 322 g/mol. The lowest BCUT2D eigenvalue weighted by molar-refractivity contribution is -0.107. The molecule has 8 heteroatoms. The van der Waals surface area contributed by atoms with Crippen molar-refractivity contribution in [3.63, 3.8) is 0 Å². The lowest BCUT2D eigenvalue weighted by Gasteiger charge is -2.08. The number of hydrazine groups is 1. The van der Waals surface area contributed by atoms with Crippen LogP contribution in [0, 0.1) is 0 Å². The number of primary amides is 1. The van der Waals surface area contributed by atoms with Crippen molar-refractivity contribution >= 4 is 40.6 Å². The lowest BCUT2D eigenvalue weighted by Crippen LogP contribution is -2.31. The number of nitrogens with one attached hydrogen (secondary N) is 2. The van der Waals surface area contributed by atoms with Gasteiger partial charge in [-0.3, -0.25) is 14.4 Å². The molecular formula is C17H15N5O3. The number of carbonyl (C=O) groups is 3. The van der Waals surface area contributed by atoms with E-state index in [-0.39, 0.29) is 17.3 Å². The van der Waals surface area contributed by atoms with Crippen LogP contribution in [0.2, 0.25) is 0 Å². The average Bonchev–Trinajstić information content (AvgIpc) is 3.00. The van der Waals surface area contributed by atoms with Crippen molar-refractivity contribution in [3.05, 3.63) is 59.7 Å². The molecule has 0 aliphatic heterocycles. The molecule has 0 radical (unpaired) electrons. The quantitative estimate of drug-likeness (QED) is 0.242. The molecule has 1 heterocycles. The third-order valence-electron chi connectivity index (χ3n) is 3.69. The summed E-state index contributed by atoms with van der Waals surface area (Å²) in [6.45, 7) is 0. The summed E-state index contributed by atoms with van der Waals surface area (Å²) in [4.78, 5) is 37.7. The van der Waals surface area contributed by atoms with E-state index in [0.717, 1.165) is 5.01 Å². The van der Waals surface area contributed by atoms with Gasteiger partial charge in [-0.05, 0) is 30.3 Å². The standard InChI is InChI=1S/C17H15N5O3/c18-15(24)14-12-7-6-11(8-13(12)21-16(14)22(19)9-23)20-17(25)10-4-2-1-3-5-10/h1-9,21H,19H2,(H2,18,24)(H,20,25). The summed E-state index contributed by atoms with van der Waals surface area (Å²) in [6, 6.07) is 13.6. The maximum atomic E-state index is 12.2. The van der Waals surface area contributed by atoms with E-state index in [1.54, 1.807) is 42.5 Å². The Labute approximate surface area is 142 Å². The van der Waals surface area contributed by atoms with Crippen LogP contribution in [0.25, 0.3) is 10.9 Å². The van der Waals surface area contributed by atoms with E-state index < -0.39 is 5.91 Å². The van der Waals surface area contributed by atoms with E-state index in [1.165, 1.54) is 0 Å². The van der Waals surface area contributed by atoms with Gasteiger partial charge in [0.2, 0.25) is 6.41 Å². The van der Waals surface area contributed by atoms with Gasteiger partial charge in [0.1, 0.15) is 5.82 Å². The van der Waals surface area contributed by atoms with E-state index in [4.69, 9.17) is 11.6 Å². The van der Waals surface area contributed by atoms with E-state index in [9.17, 15) is 14.4 Å². The lowest BCUT2D eigenvalue weighted by atomic mass is 10.1. The van der Waals surface area contributed by atoms with E-state index in [0.29, 0.717) is 28.6 Å². The minimum Gasteiger partial charge on any atom is -0.365 e. The SMILES string of the molecule is NC(=O)c1c(N(N)C=O)[nH]c2cc(NC(=O)c3ccccc3)ccc12. The minimum absolute atomic E-state index is 0.0871. The van der Waals surface area contributed by atoms with Gasteiger partial charge in [-0.1, -0.05) is 18.2 Å². The number of nitrogens with zero attached hydrogens (tertiary/aromatic N) is 1. The van der Waals surface area contributed by atoms with Crippen molar-refractivity contribution < 1.29 is 14.4 Å². The number of hydrogen-bond acceptors (Lipinski definition) is 4. The number of carbonyl (C=O) groups excluding carboxylic acids is 3. The summed E-state index contributed by atoms with van der Waals surface area (Å²) in [6.07, 6.45) is 0.356. The average molecular weight is 337 g/mol. The highest BCUT2D eigenvalue weighted by molar-refractivity contribution is 6.13. The summed E-state index contributed by atoms with van der Waals surface area (Å²) in [7, 11) is 0. The van der Waals surface area contributed by atoms with Gasteiger partial charge < -0.3 is 16.0 Å². The molecule has 0 saturated carbocycles. The highest BCUT2D eigenvalue weighted by Crippen LogP contribution is 2.29. The van der Waals surface area contributed by atoms with Gasteiger partial charge in [-0.2, -0.15) is 0 Å². The van der Waals surface area contributed by atoms with Crippen LogP contribution in [-0.4, -0.2) is 23.2 Å². The molecule has 3 aromatic rings. The molecule has 1 aromatic heterocycles. The van der Waals surface area contributed by atoms with Gasteiger partial charge in [0.15, 0.2) is 0 Å². The number of anilines is 2. The van der Waals surface area contributed by atoms with Crippen molar-refractivity contribution in [3.8, 4) is 0 Å². The summed E-state index contributed by atoms with van der Waals surface area (Å²) in [5.74, 6) is 4.64. The van der Waals surface area contributed by atoms with Crippen LogP contribution in [0.1, 0.15) is 20.7 Å². The fraction of sp³-hybridized carbons (Fsp3) is 0. The molecule has 0 spiro atoms. The van der Waals surface area contributed by atoms with Gasteiger partial charge >= 0.3 is 0 Å². The minimum atomic E-state index is -0.723. The van der Waals surface area contributed by atoms with Crippen LogP contribution in [-0.2, 0) is 4.79 Å². The summed E-state index contributed by atoms with van der Waals surface area (Å²) >= 11 is 0. The maximum Gasteiger partial charge on any atom is 0.255 e. The van der Waals surface area contributed by atoms with Crippen LogP contribution in [0.4, 0.5) is 11.5 Å². The first kappa shape index (κ1) is 16.2. The number of hydrogen-bond donors (Lipinski definition) is 4. The molecule has 0 bridgehead atoms.